The molecule has 14 heavy (non-hydrogen) atoms. The van der Waals surface area contributed by atoms with Gasteiger partial charge in [0.1, 0.15) is 0 Å². The van der Waals surface area contributed by atoms with Gasteiger partial charge in [-0.2, -0.15) is 0 Å². The van der Waals surface area contributed by atoms with Crippen LogP contribution in [0.4, 0.5) is 0 Å². The Morgan fingerprint density at radius 1 is 1.29 bits per heavy atom. The van der Waals surface area contributed by atoms with Gasteiger partial charge in [0.25, 0.3) is 0 Å². The minimum absolute atomic E-state index is 0.0370. The molecule has 0 N–H and O–H groups in total. The van der Waals surface area contributed by atoms with Gasteiger partial charge in [-0.1, -0.05) is 0 Å². The Labute approximate surface area is 84.3 Å². The summed E-state index contributed by atoms with van der Waals surface area (Å²) >= 11 is 0. The van der Waals surface area contributed by atoms with E-state index in [4.69, 9.17) is 9.47 Å². The lowest BCUT2D eigenvalue weighted by Crippen LogP contribution is -2.11. The van der Waals surface area contributed by atoms with Gasteiger partial charge in [-0.3, -0.25) is 9.59 Å². The highest BCUT2D eigenvalue weighted by Gasteiger charge is 1.94. The lowest BCUT2D eigenvalue weighted by molar-refractivity contribution is -0.149. The molecule has 0 heterocycles. The molecular formula is C9H18O5. The molecule has 0 aromatic carbocycles. The Morgan fingerprint density at radius 3 is 1.86 bits per heavy atom. The molecule has 0 radical (unpaired) electrons. The van der Waals surface area contributed by atoms with Gasteiger partial charge in [-0.25, -0.2) is 0 Å². The minimum atomic E-state index is -0.579. The monoisotopic (exact) mass is 206 g/mol. The molecule has 5 heteroatoms. The summed E-state index contributed by atoms with van der Waals surface area (Å²) in [5.41, 5.74) is 0. The van der Waals surface area contributed by atoms with Crippen molar-refractivity contribution < 1.29 is 23.8 Å². The van der Waals surface area contributed by atoms with Crippen LogP contribution >= 0.6 is 0 Å². The molecule has 0 saturated heterocycles. The van der Waals surface area contributed by atoms with Gasteiger partial charge in [-0.15, -0.1) is 0 Å². The van der Waals surface area contributed by atoms with Crippen molar-refractivity contribution in [3.05, 3.63) is 0 Å². The van der Waals surface area contributed by atoms with E-state index in [1.807, 2.05) is 20.8 Å². The van der Waals surface area contributed by atoms with Crippen LogP contribution in [0.15, 0.2) is 0 Å². The molecule has 0 saturated carbocycles. The van der Waals surface area contributed by atoms with Gasteiger partial charge in [0.2, 0.25) is 0 Å². The third kappa shape index (κ3) is 17.2. The number of carbonyl (C=O) groups excluding carboxylic acids is 2. The predicted molar refractivity (Wildman–Crippen MR) is 50.5 cm³/mol. The molecule has 0 rings (SSSR count). The number of carbonyl (C=O) groups is 2. The van der Waals surface area contributed by atoms with Crippen LogP contribution < -0.4 is 0 Å². The molecule has 0 aliphatic rings. The van der Waals surface area contributed by atoms with Crippen molar-refractivity contribution in [3.63, 3.8) is 0 Å². The number of ether oxygens (including phenoxy) is 3. The van der Waals surface area contributed by atoms with Crippen LogP contribution in [-0.4, -0.2) is 31.9 Å². The zero-order chi connectivity index (χ0) is 11.4. The van der Waals surface area contributed by atoms with Crippen LogP contribution in [0.25, 0.3) is 0 Å². The van der Waals surface area contributed by atoms with E-state index in [2.05, 4.69) is 4.74 Å². The van der Waals surface area contributed by atoms with Crippen molar-refractivity contribution in [2.24, 2.45) is 0 Å². The van der Waals surface area contributed by atoms with E-state index in [0.717, 1.165) is 20.1 Å². The van der Waals surface area contributed by atoms with Crippen molar-refractivity contribution in [1.82, 2.24) is 0 Å². The molecule has 0 aliphatic carbocycles. The molecule has 0 unspecified atom stereocenters. The van der Waals surface area contributed by atoms with Crippen LogP contribution in [0.3, 0.4) is 0 Å². The maximum absolute atomic E-state index is 9.59. The van der Waals surface area contributed by atoms with E-state index < -0.39 is 5.97 Å². The second kappa shape index (κ2) is 12.1. The summed E-state index contributed by atoms with van der Waals surface area (Å²) in [6, 6.07) is 0. The Kier molecular flexibility index (Phi) is 13.4. The SMILES string of the molecule is CC(=O)OC=O.CCOC(C)OCC. The molecule has 0 spiro atoms. The van der Waals surface area contributed by atoms with Gasteiger partial charge >= 0.3 is 12.4 Å². The zero-order valence-corrected chi connectivity index (χ0v) is 9.11. The van der Waals surface area contributed by atoms with E-state index >= 15 is 0 Å². The van der Waals surface area contributed by atoms with Crippen LogP contribution in [0.5, 0.6) is 0 Å². The predicted octanol–water partition coefficient (Wildman–Crippen LogP) is 1.11. The van der Waals surface area contributed by atoms with Gasteiger partial charge in [0.05, 0.1) is 0 Å². The highest BCUT2D eigenvalue weighted by atomic mass is 16.7. The molecule has 0 aliphatic heterocycles. The van der Waals surface area contributed by atoms with Crippen LogP contribution in [0.1, 0.15) is 27.7 Å². The quantitative estimate of drug-likeness (QED) is 0.292. The number of hydrogen-bond donors (Lipinski definition) is 0. The number of hydrogen-bond acceptors (Lipinski definition) is 5. The third-order valence-electron chi connectivity index (χ3n) is 1.02. The molecule has 0 atom stereocenters. The topological polar surface area (TPSA) is 61.8 Å². The van der Waals surface area contributed by atoms with E-state index in [-0.39, 0.29) is 12.8 Å². The highest BCUT2D eigenvalue weighted by Crippen LogP contribution is 1.90. The lowest BCUT2D eigenvalue weighted by Gasteiger charge is -2.09. The van der Waals surface area contributed by atoms with Crippen LogP contribution in [0.2, 0.25) is 0 Å². The van der Waals surface area contributed by atoms with Crippen molar-refractivity contribution >= 4 is 12.4 Å². The second-order valence-electron chi connectivity index (χ2n) is 2.18. The first-order chi connectivity index (χ1) is 6.58. The second-order valence-corrected chi connectivity index (χ2v) is 2.18. The smallest absolute Gasteiger partial charge is 0.310 e. The van der Waals surface area contributed by atoms with Crippen molar-refractivity contribution in [1.29, 1.82) is 0 Å². The molecule has 5 nitrogen and oxygen atoms in total. The fourth-order valence-corrected chi connectivity index (χ4v) is 0.585. The molecule has 0 fully saturated rings. The molecular weight excluding hydrogens is 188 g/mol. The van der Waals surface area contributed by atoms with E-state index in [1.165, 1.54) is 0 Å². The van der Waals surface area contributed by atoms with Crippen LogP contribution in [0, 0.1) is 0 Å². The van der Waals surface area contributed by atoms with Crippen molar-refractivity contribution in [2.45, 2.75) is 34.0 Å². The van der Waals surface area contributed by atoms with Gasteiger partial charge < -0.3 is 14.2 Å². The Morgan fingerprint density at radius 2 is 1.71 bits per heavy atom. The van der Waals surface area contributed by atoms with E-state index in [1.54, 1.807) is 0 Å². The number of esters is 1. The lowest BCUT2D eigenvalue weighted by atomic mass is 10.7. The highest BCUT2D eigenvalue weighted by molar-refractivity contribution is 5.73. The zero-order valence-electron chi connectivity index (χ0n) is 9.11. The summed E-state index contributed by atoms with van der Waals surface area (Å²) in [4.78, 5) is 18.8. The summed E-state index contributed by atoms with van der Waals surface area (Å²) < 4.78 is 13.8. The normalized spacial score (nSPS) is 8.93. The Bertz CT molecular complexity index is 140. The first kappa shape index (κ1) is 15.5. The minimum Gasteiger partial charge on any atom is -0.396 e. The van der Waals surface area contributed by atoms with E-state index in [0.29, 0.717) is 0 Å². The maximum Gasteiger partial charge on any atom is 0.310 e. The average Bonchev–Trinajstić information content (AvgIpc) is 2.05. The molecule has 0 bridgehead atoms. The van der Waals surface area contributed by atoms with E-state index in [9.17, 15) is 9.59 Å². The Hall–Kier alpha value is -0.940. The van der Waals surface area contributed by atoms with Gasteiger partial charge in [-0.05, 0) is 20.8 Å². The maximum atomic E-state index is 9.59. The first-order valence-electron chi connectivity index (χ1n) is 4.42. The number of rotatable bonds is 5. The van der Waals surface area contributed by atoms with Crippen molar-refractivity contribution in [3.8, 4) is 0 Å². The largest absolute Gasteiger partial charge is 0.396 e. The van der Waals surface area contributed by atoms with Gasteiger partial charge in [0, 0.05) is 20.1 Å². The standard InChI is InChI=1S/C6H14O2.C3H4O3/c1-4-7-6(3)8-5-2;1-3(5)6-2-4/h6H,4-5H2,1-3H3;2H,1H3. The Balaban J connectivity index is 0. The van der Waals surface area contributed by atoms with Crippen molar-refractivity contribution in [2.75, 3.05) is 13.2 Å². The summed E-state index contributed by atoms with van der Waals surface area (Å²) in [6.45, 7) is 8.51. The summed E-state index contributed by atoms with van der Waals surface area (Å²) in [7, 11) is 0. The summed E-state index contributed by atoms with van der Waals surface area (Å²) in [6.07, 6.45) is -0.0370. The first-order valence-corrected chi connectivity index (χ1v) is 4.42. The molecule has 0 aromatic rings. The summed E-state index contributed by atoms with van der Waals surface area (Å²) in [5, 5.41) is 0. The molecule has 84 valence electrons. The van der Waals surface area contributed by atoms with Crippen LogP contribution in [-0.2, 0) is 23.8 Å². The average molecular weight is 206 g/mol. The molecule has 0 amide bonds. The third-order valence-corrected chi connectivity index (χ3v) is 1.02. The fourth-order valence-electron chi connectivity index (χ4n) is 0.585. The molecule has 0 aromatic heterocycles. The fraction of sp³-hybridized carbons (Fsp3) is 0.778. The van der Waals surface area contributed by atoms with Gasteiger partial charge in [0.15, 0.2) is 6.29 Å². The summed E-state index contributed by atoms with van der Waals surface area (Å²) in [5.74, 6) is -0.579.